The standard InChI is InChI=1S/C20H25ClO/c1-15(22)19-10-16-9-18(12-19,7-8-21)13-20(11-16,14-19)17-5-3-2-4-6-17/h2-6,16H,7-14H2,1H3/t16?,18-,19?,20+/m1/s1. The molecule has 4 aliphatic carbocycles. The van der Waals surface area contributed by atoms with E-state index in [2.05, 4.69) is 30.3 Å². The van der Waals surface area contributed by atoms with Gasteiger partial charge in [-0.3, -0.25) is 4.79 Å². The Kier molecular flexibility index (Phi) is 3.24. The van der Waals surface area contributed by atoms with Crippen LogP contribution in [-0.2, 0) is 10.2 Å². The summed E-state index contributed by atoms with van der Waals surface area (Å²) in [5, 5.41) is 0. The lowest BCUT2D eigenvalue weighted by atomic mass is 9.37. The second-order valence-corrected chi connectivity index (χ2v) is 8.81. The molecule has 4 saturated carbocycles. The molecule has 0 amide bonds. The smallest absolute Gasteiger partial charge is 0.136 e. The molecule has 4 atom stereocenters. The molecule has 22 heavy (non-hydrogen) atoms. The van der Waals surface area contributed by atoms with Crippen molar-refractivity contribution in [2.45, 2.75) is 57.3 Å². The maximum Gasteiger partial charge on any atom is 0.136 e. The van der Waals surface area contributed by atoms with E-state index in [-0.39, 0.29) is 10.8 Å². The number of halogens is 1. The van der Waals surface area contributed by atoms with Crippen molar-refractivity contribution in [2.24, 2.45) is 16.7 Å². The summed E-state index contributed by atoms with van der Waals surface area (Å²) in [6.45, 7) is 1.83. The fourth-order valence-electron chi connectivity index (χ4n) is 6.62. The Morgan fingerprint density at radius 3 is 2.59 bits per heavy atom. The number of Topliss-reactive ketones (excluding diaryl/α,β-unsaturated/α-hetero) is 1. The number of benzene rings is 1. The van der Waals surface area contributed by atoms with Crippen molar-refractivity contribution in [1.82, 2.24) is 0 Å². The van der Waals surface area contributed by atoms with Crippen LogP contribution in [-0.4, -0.2) is 11.7 Å². The quantitative estimate of drug-likeness (QED) is 0.705. The van der Waals surface area contributed by atoms with Crippen LogP contribution in [0.15, 0.2) is 30.3 Å². The monoisotopic (exact) mass is 316 g/mol. The van der Waals surface area contributed by atoms with Crippen LogP contribution in [0.3, 0.4) is 0 Å². The fourth-order valence-corrected chi connectivity index (χ4v) is 7.02. The first-order chi connectivity index (χ1) is 10.5. The Bertz CT molecular complexity index is 597. The number of ketones is 1. The van der Waals surface area contributed by atoms with E-state index in [9.17, 15) is 4.79 Å². The topological polar surface area (TPSA) is 17.1 Å². The third-order valence-corrected chi connectivity index (χ3v) is 7.13. The largest absolute Gasteiger partial charge is 0.299 e. The second-order valence-electron chi connectivity index (χ2n) is 8.43. The molecule has 2 unspecified atom stereocenters. The minimum absolute atomic E-state index is 0.0681. The van der Waals surface area contributed by atoms with E-state index in [1.54, 1.807) is 0 Å². The van der Waals surface area contributed by atoms with Crippen molar-refractivity contribution in [3.05, 3.63) is 35.9 Å². The Morgan fingerprint density at radius 1 is 1.14 bits per heavy atom. The molecule has 4 bridgehead atoms. The van der Waals surface area contributed by atoms with Crippen molar-refractivity contribution < 1.29 is 4.79 Å². The summed E-state index contributed by atoms with van der Waals surface area (Å²) >= 11 is 6.17. The van der Waals surface area contributed by atoms with Crippen molar-refractivity contribution >= 4 is 17.4 Å². The minimum Gasteiger partial charge on any atom is -0.299 e. The fraction of sp³-hybridized carbons (Fsp3) is 0.650. The van der Waals surface area contributed by atoms with Crippen LogP contribution in [0.2, 0.25) is 0 Å². The third kappa shape index (κ3) is 2.01. The zero-order valence-electron chi connectivity index (χ0n) is 13.4. The first kappa shape index (κ1) is 14.8. The molecule has 0 saturated heterocycles. The van der Waals surface area contributed by atoms with Crippen LogP contribution >= 0.6 is 11.6 Å². The number of rotatable bonds is 4. The molecule has 1 aromatic carbocycles. The predicted octanol–water partition coefficient (Wildman–Crippen LogP) is 5.11. The number of hydrogen-bond donors (Lipinski definition) is 0. The molecule has 0 radical (unpaired) electrons. The van der Waals surface area contributed by atoms with E-state index in [1.807, 2.05) is 6.92 Å². The highest BCUT2D eigenvalue weighted by atomic mass is 35.5. The Morgan fingerprint density at radius 2 is 1.91 bits per heavy atom. The highest BCUT2D eigenvalue weighted by Crippen LogP contribution is 2.71. The molecule has 4 fully saturated rings. The summed E-state index contributed by atoms with van der Waals surface area (Å²) in [4.78, 5) is 12.6. The van der Waals surface area contributed by atoms with Gasteiger partial charge in [-0.05, 0) is 74.2 Å². The van der Waals surface area contributed by atoms with Crippen molar-refractivity contribution in [3.8, 4) is 0 Å². The van der Waals surface area contributed by atoms with Crippen molar-refractivity contribution in [1.29, 1.82) is 0 Å². The summed E-state index contributed by atoms with van der Waals surface area (Å²) in [6.07, 6.45) is 8.17. The number of carbonyl (C=O) groups is 1. The molecule has 1 nitrogen and oxygen atoms in total. The molecule has 4 aliphatic rings. The molecule has 0 spiro atoms. The van der Waals surface area contributed by atoms with Gasteiger partial charge in [-0.1, -0.05) is 30.3 Å². The van der Waals surface area contributed by atoms with Gasteiger partial charge in [0.1, 0.15) is 5.78 Å². The van der Waals surface area contributed by atoms with Gasteiger partial charge in [0.25, 0.3) is 0 Å². The van der Waals surface area contributed by atoms with Crippen molar-refractivity contribution in [2.75, 3.05) is 5.88 Å². The summed E-state index contributed by atoms with van der Waals surface area (Å²) in [5.74, 6) is 1.87. The van der Waals surface area contributed by atoms with Gasteiger partial charge in [-0.25, -0.2) is 0 Å². The lowest BCUT2D eigenvalue weighted by Gasteiger charge is -2.66. The predicted molar refractivity (Wildman–Crippen MR) is 90.2 cm³/mol. The molecular weight excluding hydrogens is 292 g/mol. The molecule has 118 valence electrons. The normalized spacial score (nSPS) is 42.5. The molecule has 5 rings (SSSR count). The van der Waals surface area contributed by atoms with Gasteiger partial charge in [-0.15, -0.1) is 11.6 Å². The van der Waals surface area contributed by atoms with Gasteiger partial charge < -0.3 is 0 Å². The second kappa shape index (κ2) is 4.84. The van der Waals surface area contributed by atoms with Crippen molar-refractivity contribution in [3.63, 3.8) is 0 Å². The average molecular weight is 317 g/mol. The summed E-state index contributed by atoms with van der Waals surface area (Å²) in [7, 11) is 0. The molecule has 0 aliphatic heterocycles. The van der Waals surface area contributed by atoms with Gasteiger partial charge in [-0.2, -0.15) is 0 Å². The van der Waals surface area contributed by atoms with Crippen LogP contribution in [0, 0.1) is 16.7 Å². The third-order valence-electron chi connectivity index (χ3n) is 6.94. The van der Waals surface area contributed by atoms with Crippen LogP contribution in [0.5, 0.6) is 0 Å². The van der Waals surface area contributed by atoms with Crippen LogP contribution in [0.1, 0.15) is 57.4 Å². The molecule has 0 aromatic heterocycles. The van der Waals surface area contributed by atoms with E-state index < -0.39 is 0 Å². The highest BCUT2D eigenvalue weighted by Gasteiger charge is 2.64. The zero-order valence-corrected chi connectivity index (χ0v) is 14.2. The lowest BCUT2D eigenvalue weighted by Crippen LogP contribution is -2.60. The first-order valence-corrected chi connectivity index (χ1v) is 9.18. The first-order valence-electron chi connectivity index (χ1n) is 8.64. The van der Waals surface area contributed by atoms with E-state index in [1.165, 1.54) is 24.8 Å². The maximum absolute atomic E-state index is 12.6. The average Bonchev–Trinajstić information content (AvgIpc) is 2.46. The summed E-state index contributed by atoms with van der Waals surface area (Å²) in [6, 6.07) is 11.0. The van der Waals surface area contributed by atoms with Gasteiger partial charge in [0.05, 0.1) is 0 Å². The van der Waals surface area contributed by atoms with Crippen LogP contribution < -0.4 is 0 Å². The Hall–Kier alpha value is -0.820. The van der Waals surface area contributed by atoms with E-state index >= 15 is 0 Å². The lowest BCUT2D eigenvalue weighted by molar-refractivity contribution is -0.158. The van der Waals surface area contributed by atoms with E-state index in [0.717, 1.165) is 31.6 Å². The maximum atomic E-state index is 12.6. The summed E-state index contributed by atoms with van der Waals surface area (Å²) in [5.41, 5.74) is 1.92. The number of hydrogen-bond acceptors (Lipinski definition) is 1. The molecular formula is C20H25ClO. The minimum atomic E-state index is -0.0681. The van der Waals surface area contributed by atoms with Gasteiger partial charge >= 0.3 is 0 Å². The summed E-state index contributed by atoms with van der Waals surface area (Å²) < 4.78 is 0. The molecule has 0 heterocycles. The van der Waals surface area contributed by atoms with Crippen LogP contribution in [0.25, 0.3) is 0 Å². The highest BCUT2D eigenvalue weighted by molar-refractivity contribution is 6.17. The Labute approximate surface area is 138 Å². The zero-order chi connectivity index (χ0) is 15.4. The van der Waals surface area contributed by atoms with E-state index in [0.29, 0.717) is 17.1 Å². The SMILES string of the molecule is CC(=O)C12CC3C[C@](CCCl)(C1)C[C@@](c1ccccc1)(C3)C2. The molecule has 2 heteroatoms. The van der Waals surface area contributed by atoms with Gasteiger partial charge in [0, 0.05) is 11.3 Å². The number of alkyl halides is 1. The van der Waals surface area contributed by atoms with Gasteiger partial charge in [0.15, 0.2) is 0 Å². The Balaban J connectivity index is 1.83. The van der Waals surface area contributed by atoms with Crippen LogP contribution in [0.4, 0.5) is 0 Å². The molecule has 0 N–H and O–H groups in total. The number of carbonyl (C=O) groups excluding carboxylic acids is 1. The van der Waals surface area contributed by atoms with E-state index in [4.69, 9.17) is 11.6 Å². The van der Waals surface area contributed by atoms with Gasteiger partial charge in [0.2, 0.25) is 0 Å². The molecule has 1 aromatic rings.